The number of carbonyl (C=O) groups excluding carboxylic acids is 1. The van der Waals surface area contributed by atoms with Crippen molar-refractivity contribution in [2.45, 2.75) is 33.3 Å². The van der Waals surface area contributed by atoms with Crippen molar-refractivity contribution < 1.29 is 23.7 Å². The third kappa shape index (κ3) is 6.02. The molecule has 0 aromatic heterocycles. The van der Waals surface area contributed by atoms with Crippen molar-refractivity contribution in [1.82, 2.24) is 0 Å². The Morgan fingerprint density at radius 2 is 1.73 bits per heavy atom. The van der Waals surface area contributed by atoms with E-state index in [1.165, 1.54) is 5.56 Å². The summed E-state index contributed by atoms with van der Waals surface area (Å²) in [6.07, 6.45) is 0. The zero-order valence-electron chi connectivity index (χ0n) is 23.1. The predicted octanol–water partition coefficient (Wildman–Crippen LogP) is 6.72. The zero-order chi connectivity index (χ0) is 28.9. The van der Waals surface area contributed by atoms with Crippen LogP contribution in [0.15, 0.2) is 96.4 Å². The van der Waals surface area contributed by atoms with Gasteiger partial charge in [0.05, 0.1) is 18.1 Å². The molecule has 0 bridgehead atoms. The van der Waals surface area contributed by atoms with Crippen LogP contribution in [0, 0.1) is 25.2 Å². The number of nitrogens with zero attached hydrogens (tertiary/aromatic N) is 1. The van der Waals surface area contributed by atoms with E-state index in [2.05, 4.69) is 6.07 Å². The summed E-state index contributed by atoms with van der Waals surface area (Å²) >= 11 is 0. The minimum Gasteiger partial charge on any atom is -0.490 e. The monoisotopic (exact) mass is 546 g/mol. The molecule has 1 atom stereocenters. The smallest absolute Gasteiger partial charge is 0.343 e. The lowest BCUT2D eigenvalue weighted by atomic mass is 9.83. The van der Waals surface area contributed by atoms with E-state index in [1.54, 1.807) is 36.4 Å². The minimum absolute atomic E-state index is 0.00943. The summed E-state index contributed by atoms with van der Waals surface area (Å²) in [5.74, 6) is 0.850. The Labute approximate surface area is 239 Å². The SMILES string of the molecule is CCOc1cc(C2C(C#N)=C(N)Oc3cc(OC(=O)c4cccc(C)c4)ccc32)ccc1OCc1ccc(C)cc1. The summed E-state index contributed by atoms with van der Waals surface area (Å²) in [7, 11) is 0. The number of rotatable bonds is 8. The molecule has 1 unspecified atom stereocenters. The number of nitriles is 1. The molecule has 1 heterocycles. The highest BCUT2D eigenvalue weighted by Gasteiger charge is 2.32. The lowest BCUT2D eigenvalue weighted by Crippen LogP contribution is -2.21. The molecule has 4 aromatic carbocycles. The highest BCUT2D eigenvalue weighted by Crippen LogP contribution is 2.45. The maximum atomic E-state index is 12.7. The Hall–Kier alpha value is -5.22. The minimum atomic E-state index is -0.518. The number of esters is 1. The molecule has 0 saturated carbocycles. The topological polar surface area (TPSA) is 104 Å². The number of hydrogen-bond donors (Lipinski definition) is 1. The zero-order valence-corrected chi connectivity index (χ0v) is 23.1. The number of nitrogens with two attached hydrogens (primary N) is 1. The molecule has 206 valence electrons. The fraction of sp³-hybridized carbons (Fsp3) is 0.176. The number of hydrogen-bond acceptors (Lipinski definition) is 7. The van der Waals surface area contributed by atoms with E-state index in [9.17, 15) is 10.1 Å². The van der Waals surface area contributed by atoms with Crippen molar-refractivity contribution in [3.63, 3.8) is 0 Å². The van der Waals surface area contributed by atoms with E-state index in [4.69, 9.17) is 24.7 Å². The second-order valence-electron chi connectivity index (χ2n) is 9.80. The van der Waals surface area contributed by atoms with Crippen LogP contribution in [0.2, 0.25) is 0 Å². The number of fused-ring (bicyclic) bond motifs is 1. The summed E-state index contributed by atoms with van der Waals surface area (Å²) < 4.78 is 23.5. The molecule has 5 rings (SSSR count). The van der Waals surface area contributed by atoms with Crippen LogP contribution < -0.4 is 24.7 Å². The fourth-order valence-corrected chi connectivity index (χ4v) is 4.72. The third-order valence-electron chi connectivity index (χ3n) is 6.77. The van der Waals surface area contributed by atoms with Crippen LogP contribution in [0.1, 0.15) is 51.0 Å². The van der Waals surface area contributed by atoms with Gasteiger partial charge in [0.2, 0.25) is 5.88 Å². The summed E-state index contributed by atoms with van der Waals surface area (Å²) in [6, 6.07) is 28.2. The normalized spacial score (nSPS) is 14.0. The second kappa shape index (κ2) is 11.9. The van der Waals surface area contributed by atoms with Crippen LogP contribution in [-0.4, -0.2) is 12.6 Å². The van der Waals surface area contributed by atoms with Gasteiger partial charge < -0.3 is 24.7 Å². The molecular formula is C34H30N2O5. The number of aryl methyl sites for hydroxylation is 2. The van der Waals surface area contributed by atoms with Gasteiger partial charge in [0.15, 0.2) is 11.5 Å². The molecule has 0 aliphatic carbocycles. The Bertz CT molecular complexity index is 1670. The molecule has 0 saturated heterocycles. The van der Waals surface area contributed by atoms with Crippen molar-refractivity contribution in [2.75, 3.05) is 6.61 Å². The molecule has 0 amide bonds. The predicted molar refractivity (Wildman–Crippen MR) is 155 cm³/mol. The Morgan fingerprint density at radius 3 is 2.46 bits per heavy atom. The van der Waals surface area contributed by atoms with Gasteiger partial charge in [-0.3, -0.25) is 0 Å². The van der Waals surface area contributed by atoms with Crippen molar-refractivity contribution in [1.29, 1.82) is 5.26 Å². The Morgan fingerprint density at radius 1 is 0.927 bits per heavy atom. The first-order valence-corrected chi connectivity index (χ1v) is 13.3. The van der Waals surface area contributed by atoms with Crippen LogP contribution in [0.5, 0.6) is 23.0 Å². The Kier molecular flexibility index (Phi) is 7.93. The summed E-state index contributed by atoms with van der Waals surface area (Å²) in [4.78, 5) is 12.7. The highest BCUT2D eigenvalue weighted by atomic mass is 16.5. The molecule has 0 spiro atoms. The van der Waals surface area contributed by atoms with Crippen LogP contribution >= 0.6 is 0 Å². The first kappa shape index (κ1) is 27.4. The molecule has 41 heavy (non-hydrogen) atoms. The van der Waals surface area contributed by atoms with Gasteiger partial charge in [-0.1, -0.05) is 59.7 Å². The van der Waals surface area contributed by atoms with Gasteiger partial charge in [-0.2, -0.15) is 5.26 Å². The molecule has 7 nitrogen and oxygen atoms in total. The van der Waals surface area contributed by atoms with Gasteiger partial charge in [-0.15, -0.1) is 0 Å². The molecule has 1 aliphatic heterocycles. The molecule has 7 heteroatoms. The van der Waals surface area contributed by atoms with Gasteiger partial charge in [0, 0.05) is 11.6 Å². The average molecular weight is 547 g/mol. The first-order valence-electron chi connectivity index (χ1n) is 13.3. The maximum Gasteiger partial charge on any atom is 0.343 e. The van der Waals surface area contributed by atoms with Gasteiger partial charge in [0.1, 0.15) is 29.7 Å². The summed E-state index contributed by atoms with van der Waals surface area (Å²) in [5, 5.41) is 10.0. The van der Waals surface area contributed by atoms with E-state index < -0.39 is 11.9 Å². The van der Waals surface area contributed by atoms with Gasteiger partial charge in [-0.05, 0) is 62.2 Å². The number of carbonyl (C=O) groups is 1. The van der Waals surface area contributed by atoms with Gasteiger partial charge >= 0.3 is 5.97 Å². The van der Waals surface area contributed by atoms with E-state index in [0.717, 1.165) is 16.7 Å². The molecule has 4 aromatic rings. The van der Waals surface area contributed by atoms with E-state index in [1.807, 2.05) is 69.3 Å². The molecule has 1 aliphatic rings. The lowest BCUT2D eigenvalue weighted by Gasteiger charge is -2.27. The van der Waals surface area contributed by atoms with Crippen LogP contribution in [-0.2, 0) is 6.61 Å². The molecule has 0 radical (unpaired) electrons. The number of allylic oxidation sites excluding steroid dienone is 1. The van der Waals surface area contributed by atoms with Crippen LogP contribution in [0.3, 0.4) is 0 Å². The van der Waals surface area contributed by atoms with E-state index in [-0.39, 0.29) is 11.5 Å². The number of benzene rings is 4. The molecule has 0 fully saturated rings. The standard InChI is InChI=1S/C34H30N2O5/c1-4-38-31-17-24(12-15-29(31)39-20-23-10-8-21(2)9-11-23)32-27-14-13-26(18-30(27)41-33(36)28(32)19-35)40-34(37)25-7-5-6-22(3)16-25/h5-18,32H,4,20,36H2,1-3H3. The molecular weight excluding hydrogens is 516 g/mol. The van der Waals surface area contributed by atoms with Gasteiger partial charge in [0.25, 0.3) is 0 Å². The van der Waals surface area contributed by atoms with E-state index >= 15 is 0 Å². The van der Waals surface area contributed by atoms with Crippen molar-refractivity contribution >= 4 is 5.97 Å². The quantitative estimate of drug-likeness (QED) is 0.193. The first-order chi connectivity index (χ1) is 19.9. The van der Waals surface area contributed by atoms with Crippen LogP contribution in [0.4, 0.5) is 0 Å². The second-order valence-corrected chi connectivity index (χ2v) is 9.80. The van der Waals surface area contributed by atoms with Crippen molar-refractivity contribution in [3.8, 4) is 29.1 Å². The maximum absolute atomic E-state index is 12.7. The Balaban J connectivity index is 1.44. The highest BCUT2D eigenvalue weighted by molar-refractivity contribution is 5.91. The largest absolute Gasteiger partial charge is 0.490 e. The lowest BCUT2D eigenvalue weighted by molar-refractivity contribution is 0.0734. The average Bonchev–Trinajstić information content (AvgIpc) is 2.96. The molecule has 2 N–H and O–H groups in total. The van der Waals surface area contributed by atoms with Crippen molar-refractivity contribution in [2.24, 2.45) is 5.73 Å². The van der Waals surface area contributed by atoms with E-state index in [0.29, 0.717) is 47.3 Å². The third-order valence-corrected chi connectivity index (χ3v) is 6.77. The van der Waals surface area contributed by atoms with Gasteiger partial charge in [-0.25, -0.2) is 4.79 Å². The number of ether oxygens (including phenoxy) is 4. The van der Waals surface area contributed by atoms with Crippen molar-refractivity contribution in [3.05, 3.63) is 130 Å². The fourth-order valence-electron chi connectivity index (χ4n) is 4.72. The summed E-state index contributed by atoms with van der Waals surface area (Å²) in [5.41, 5.74) is 11.6. The van der Waals surface area contributed by atoms with Crippen LogP contribution in [0.25, 0.3) is 0 Å². The summed E-state index contributed by atoms with van der Waals surface area (Å²) in [6.45, 7) is 6.68.